The number of halogens is 1. The predicted octanol–water partition coefficient (Wildman–Crippen LogP) is 2.34. The number of aryl methyl sites for hydroxylation is 1. The van der Waals surface area contributed by atoms with E-state index in [0.717, 1.165) is 15.8 Å². The van der Waals surface area contributed by atoms with Crippen molar-refractivity contribution < 1.29 is 4.79 Å². The molecule has 1 atom stereocenters. The van der Waals surface area contributed by atoms with Crippen molar-refractivity contribution >= 4 is 23.2 Å². The predicted molar refractivity (Wildman–Crippen MR) is 92.2 cm³/mol. The first-order chi connectivity index (χ1) is 11.4. The van der Waals surface area contributed by atoms with E-state index in [2.05, 4.69) is 10.4 Å². The second-order valence-electron chi connectivity index (χ2n) is 5.71. The topological polar surface area (TPSA) is 68.4 Å². The molecule has 124 valence electrons. The Balaban J connectivity index is 1.74. The zero-order chi connectivity index (χ0) is 17.3. The Morgan fingerprint density at radius 1 is 1.29 bits per heavy atom. The number of amides is 1. The molecule has 0 fully saturated rings. The van der Waals surface area contributed by atoms with Gasteiger partial charge in [-0.05, 0) is 25.5 Å². The van der Waals surface area contributed by atoms with Crippen LogP contribution >= 0.6 is 11.6 Å². The lowest BCUT2D eigenvalue weighted by Crippen LogP contribution is -2.34. The number of pyridine rings is 1. The van der Waals surface area contributed by atoms with Gasteiger partial charge < -0.3 is 5.32 Å². The molecule has 1 aromatic carbocycles. The van der Waals surface area contributed by atoms with Crippen molar-refractivity contribution in [3.63, 3.8) is 0 Å². The maximum absolute atomic E-state index is 12.2. The van der Waals surface area contributed by atoms with Gasteiger partial charge >= 0.3 is 5.69 Å². The van der Waals surface area contributed by atoms with Crippen molar-refractivity contribution in [2.24, 2.45) is 0 Å². The molecule has 24 heavy (non-hydrogen) atoms. The van der Waals surface area contributed by atoms with E-state index in [0.29, 0.717) is 10.7 Å². The number of benzene rings is 1. The Hall–Kier alpha value is -2.60. The summed E-state index contributed by atoms with van der Waals surface area (Å²) in [7, 11) is 0. The first-order valence-corrected chi connectivity index (χ1v) is 7.92. The molecule has 0 unspecified atom stereocenters. The molecule has 0 aliphatic heterocycles. The molecule has 0 radical (unpaired) electrons. The van der Waals surface area contributed by atoms with Gasteiger partial charge in [-0.3, -0.25) is 9.20 Å². The number of aromatic nitrogens is 3. The summed E-state index contributed by atoms with van der Waals surface area (Å²) in [6.07, 6.45) is 1.54. The van der Waals surface area contributed by atoms with Gasteiger partial charge in [0.2, 0.25) is 5.91 Å². The van der Waals surface area contributed by atoms with Gasteiger partial charge in [-0.15, -0.1) is 5.10 Å². The molecule has 1 N–H and O–H groups in total. The molecule has 6 nitrogen and oxygen atoms in total. The highest BCUT2D eigenvalue weighted by atomic mass is 35.5. The average Bonchev–Trinajstić information content (AvgIpc) is 2.83. The molecule has 0 saturated carbocycles. The van der Waals surface area contributed by atoms with Crippen molar-refractivity contribution in [1.82, 2.24) is 19.5 Å². The molecule has 3 aromatic rings. The third-order valence-corrected chi connectivity index (χ3v) is 4.03. The van der Waals surface area contributed by atoms with E-state index in [9.17, 15) is 9.59 Å². The van der Waals surface area contributed by atoms with E-state index < -0.39 is 0 Å². The van der Waals surface area contributed by atoms with E-state index in [-0.39, 0.29) is 24.2 Å². The van der Waals surface area contributed by atoms with E-state index in [1.807, 2.05) is 38.1 Å². The van der Waals surface area contributed by atoms with E-state index in [4.69, 9.17) is 11.6 Å². The van der Waals surface area contributed by atoms with Gasteiger partial charge in [-0.25, -0.2) is 9.48 Å². The Morgan fingerprint density at radius 2 is 2.00 bits per heavy atom. The maximum atomic E-state index is 12.2. The van der Waals surface area contributed by atoms with Crippen molar-refractivity contribution in [1.29, 1.82) is 0 Å². The van der Waals surface area contributed by atoms with Crippen molar-refractivity contribution in [2.45, 2.75) is 26.4 Å². The summed E-state index contributed by atoms with van der Waals surface area (Å²) in [6.45, 7) is 3.76. The molecule has 2 aromatic heterocycles. The van der Waals surface area contributed by atoms with Gasteiger partial charge in [0.05, 0.1) is 6.04 Å². The molecule has 3 rings (SSSR count). The van der Waals surface area contributed by atoms with Crippen LogP contribution in [0.5, 0.6) is 0 Å². The quantitative estimate of drug-likeness (QED) is 0.789. The van der Waals surface area contributed by atoms with Crippen LogP contribution in [0.4, 0.5) is 0 Å². The number of carbonyl (C=O) groups is 1. The molecule has 7 heteroatoms. The highest BCUT2D eigenvalue weighted by Crippen LogP contribution is 2.13. The summed E-state index contributed by atoms with van der Waals surface area (Å²) in [5.41, 5.74) is 2.20. The minimum atomic E-state index is -0.375. The lowest BCUT2D eigenvalue weighted by atomic mass is 10.1. The minimum Gasteiger partial charge on any atom is -0.348 e. The summed E-state index contributed by atoms with van der Waals surface area (Å²) in [5, 5.41) is 7.48. The molecule has 0 bridgehead atoms. The summed E-state index contributed by atoms with van der Waals surface area (Å²) in [6, 6.07) is 11.0. The fourth-order valence-corrected chi connectivity index (χ4v) is 2.61. The summed E-state index contributed by atoms with van der Waals surface area (Å²) < 4.78 is 2.48. The lowest BCUT2D eigenvalue weighted by molar-refractivity contribution is -0.122. The van der Waals surface area contributed by atoms with Crippen LogP contribution in [0.15, 0.2) is 47.4 Å². The van der Waals surface area contributed by atoms with E-state index in [1.54, 1.807) is 12.1 Å². The number of nitrogens with one attached hydrogen (secondary N) is 1. The third-order valence-electron chi connectivity index (χ3n) is 3.79. The smallest absolute Gasteiger partial charge is 0.348 e. The lowest BCUT2D eigenvalue weighted by Gasteiger charge is -2.14. The molecular weight excluding hydrogens is 328 g/mol. The number of carbonyl (C=O) groups excluding carboxylic acids is 1. The van der Waals surface area contributed by atoms with E-state index >= 15 is 0 Å². The van der Waals surface area contributed by atoms with Crippen LogP contribution in [-0.2, 0) is 11.3 Å². The fourth-order valence-electron chi connectivity index (χ4n) is 2.46. The van der Waals surface area contributed by atoms with Gasteiger partial charge in [0.25, 0.3) is 0 Å². The van der Waals surface area contributed by atoms with Crippen molar-refractivity contribution in [2.75, 3.05) is 0 Å². The standard InChI is InChI=1S/C17H17ClN4O2/c1-11-3-5-13(6-4-11)12(2)19-16(23)10-22-17(24)21-8-7-14(18)9-15(21)20-22/h3-9,12H,10H2,1-2H3,(H,19,23)/t12-/m0/s1. The largest absolute Gasteiger partial charge is 0.350 e. The number of nitrogens with zero attached hydrogens (tertiary/aromatic N) is 3. The molecule has 0 spiro atoms. The monoisotopic (exact) mass is 344 g/mol. The highest BCUT2D eigenvalue weighted by Gasteiger charge is 2.13. The van der Waals surface area contributed by atoms with Crippen LogP contribution in [0.3, 0.4) is 0 Å². The van der Waals surface area contributed by atoms with E-state index in [1.165, 1.54) is 10.6 Å². The number of rotatable bonds is 4. The second-order valence-corrected chi connectivity index (χ2v) is 6.15. The van der Waals surface area contributed by atoms with Gasteiger partial charge in [0, 0.05) is 17.3 Å². The molecule has 0 aliphatic carbocycles. The SMILES string of the molecule is Cc1ccc([C@H](C)NC(=O)Cn2nc3cc(Cl)ccn3c2=O)cc1. The zero-order valence-electron chi connectivity index (χ0n) is 13.4. The van der Waals surface area contributed by atoms with Crippen molar-refractivity contribution in [3.8, 4) is 0 Å². The Bertz CT molecular complexity index is 943. The Kier molecular flexibility index (Phi) is 4.40. The van der Waals surface area contributed by atoms with Gasteiger partial charge in [0.1, 0.15) is 6.54 Å². The summed E-state index contributed by atoms with van der Waals surface area (Å²) >= 11 is 5.89. The van der Waals surface area contributed by atoms with Gasteiger partial charge in [0.15, 0.2) is 5.65 Å². The second kappa shape index (κ2) is 6.49. The molecule has 0 aliphatic rings. The van der Waals surface area contributed by atoms with Crippen LogP contribution in [0, 0.1) is 6.92 Å². The fraction of sp³-hybridized carbons (Fsp3) is 0.235. The molecular formula is C17H17ClN4O2. The van der Waals surface area contributed by atoms with Crippen LogP contribution < -0.4 is 11.0 Å². The summed E-state index contributed by atoms with van der Waals surface area (Å²) in [5.74, 6) is -0.278. The van der Waals surface area contributed by atoms with Crippen molar-refractivity contribution in [3.05, 3.63) is 69.2 Å². The normalized spacial score (nSPS) is 12.3. The van der Waals surface area contributed by atoms with Crippen LogP contribution in [0.25, 0.3) is 5.65 Å². The van der Waals surface area contributed by atoms with Gasteiger partial charge in [-0.1, -0.05) is 41.4 Å². The number of hydrogen-bond acceptors (Lipinski definition) is 3. The summed E-state index contributed by atoms with van der Waals surface area (Å²) in [4.78, 5) is 24.4. The van der Waals surface area contributed by atoms with Gasteiger partial charge in [-0.2, -0.15) is 0 Å². The average molecular weight is 345 g/mol. The molecule has 2 heterocycles. The molecule has 0 saturated heterocycles. The minimum absolute atomic E-state index is 0.145. The Morgan fingerprint density at radius 3 is 2.71 bits per heavy atom. The van der Waals surface area contributed by atoms with Crippen LogP contribution in [0.1, 0.15) is 24.1 Å². The number of hydrogen-bond donors (Lipinski definition) is 1. The maximum Gasteiger partial charge on any atom is 0.350 e. The van der Waals surface area contributed by atoms with Crippen LogP contribution in [0.2, 0.25) is 5.02 Å². The first kappa shape index (κ1) is 16.3. The Labute approximate surface area is 143 Å². The molecule has 1 amide bonds. The highest BCUT2D eigenvalue weighted by molar-refractivity contribution is 6.30. The zero-order valence-corrected chi connectivity index (χ0v) is 14.1. The third kappa shape index (κ3) is 3.33. The van der Waals surface area contributed by atoms with Crippen LogP contribution in [-0.4, -0.2) is 20.1 Å². The first-order valence-electron chi connectivity index (χ1n) is 7.55. The number of fused-ring (bicyclic) bond motifs is 1.